The smallest absolute Gasteiger partial charge is 0.157 e. The largest absolute Gasteiger partial charge is 0.360 e. The molecule has 0 bridgehead atoms. The quantitative estimate of drug-likeness (QED) is 0.902. The molecule has 16 heavy (non-hydrogen) atoms. The van der Waals surface area contributed by atoms with Crippen molar-refractivity contribution in [1.29, 1.82) is 0 Å². The molecule has 1 fully saturated rings. The number of amidine groups is 1. The number of aromatic nitrogens is 1. The minimum absolute atomic E-state index is 0.229. The van der Waals surface area contributed by atoms with Crippen molar-refractivity contribution in [2.45, 2.75) is 38.8 Å². The van der Waals surface area contributed by atoms with Crippen molar-refractivity contribution >= 4 is 28.3 Å². The van der Waals surface area contributed by atoms with Gasteiger partial charge in [0.1, 0.15) is 5.01 Å². The van der Waals surface area contributed by atoms with E-state index >= 15 is 0 Å². The maximum atomic E-state index is 4.59. The fourth-order valence-electron chi connectivity index (χ4n) is 1.55. The summed E-state index contributed by atoms with van der Waals surface area (Å²) in [7, 11) is 0. The van der Waals surface area contributed by atoms with E-state index in [4.69, 9.17) is 0 Å². The van der Waals surface area contributed by atoms with Crippen molar-refractivity contribution in [2.75, 3.05) is 5.75 Å². The highest BCUT2D eigenvalue weighted by Gasteiger charge is 2.27. The number of thioether (sulfide) groups is 1. The lowest BCUT2D eigenvalue weighted by atomic mass is 9.96. The molecule has 88 valence electrons. The first-order valence-corrected chi connectivity index (χ1v) is 7.42. The third kappa shape index (κ3) is 2.98. The van der Waals surface area contributed by atoms with E-state index in [1.807, 2.05) is 23.3 Å². The predicted octanol–water partition coefficient (Wildman–Crippen LogP) is 2.89. The van der Waals surface area contributed by atoms with Crippen LogP contribution in [0.1, 0.15) is 31.7 Å². The van der Waals surface area contributed by atoms with Gasteiger partial charge in [-0.1, -0.05) is 18.7 Å². The molecule has 1 atom stereocenters. The van der Waals surface area contributed by atoms with Gasteiger partial charge in [-0.05, 0) is 19.8 Å². The third-order valence-electron chi connectivity index (χ3n) is 2.92. The summed E-state index contributed by atoms with van der Waals surface area (Å²) < 4.78 is 0. The predicted molar refractivity (Wildman–Crippen MR) is 72.2 cm³/mol. The average molecular weight is 255 g/mol. The zero-order valence-electron chi connectivity index (χ0n) is 9.69. The van der Waals surface area contributed by atoms with Crippen LogP contribution in [0.2, 0.25) is 0 Å². The maximum Gasteiger partial charge on any atom is 0.157 e. The van der Waals surface area contributed by atoms with Gasteiger partial charge in [-0.15, -0.1) is 11.3 Å². The zero-order valence-corrected chi connectivity index (χ0v) is 11.3. The van der Waals surface area contributed by atoms with Crippen molar-refractivity contribution in [3.63, 3.8) is 0 Å². The molecule has 0 aliphatic carbocycles. The van der Waals surface area contributed by atoms with Crippen molar-refractivity contribution in [2.24, 2.45) is 4.99 Å². The third-order valence-corrected chi connectivity index (χ3v) is 4.60. The Labute approximate surface area is 105 Å². The van der Waals surface area contributed by atoms with Gasteiger partial charge in [0.05, 0.1) is 6.54 Å². The van der Waals surface area contributed by atoms with Gasteiger partial charge in [0, 0.05) is 22.9 Å². The van der Waals surface area contributed by atoms with Gasteiger partial charge >= 0.3 is 0 Å². The fraction of sp³-hybridized carbons (Fsp3) is 0.636. The summed E-state index contributed by atoms with van der Waals surface area (Å²) in [5.41, 5.74) is 0.229. The number of nitrogens with one attached hydrogen (secondary N) is 1. The molecule has 1 unspecified atom stereocenters. The van der Waals surface area contributed by atoms with Crippen molar-refractivity contribution in [3.05, 3.63) is 16.6 Å². The molecular formula is C11H17N3S2. The Hall–Kier alpha value is -0.550. The van der Waals surface area contributed by atoms with Crippen LogP contribution < -0.4 is 5.32 Å². The van der Waals surface area contributed by atoms with Crippen LogP contribution in [0.3, 0.4) is 0 Å². The first kappa shape index (κ1) is 11.9. The van der Waals surface area contributed by atoms with Crippen molar-refractivity contribution in [3.8, 4) is 0 Å². The second-order valence-electron chi connectivity index (χ2n) is 4.18. The van der Waals surface area contributed by atoms with Crippen LogP contribution in [0.25, 0.3) is 0 Å². The minimum atomic E-state index is 0.229. The van der Waals surface area contributed by atoms with E-state index in [2.05, 4.69) is 29.1 Å². The molecule has 5 heteroatoms. The SMILES string of the molecule is CCC1(C)CCSC(=NCc2nccs2)N1. The molecule has 1 aromatic heterocycles. The first-order valence-electron chi connectivity index (χ1n) is 5.56. The van der Waals surface area contributed by atoms with E-state index < -0.39 is 0 Å². The molecule has 3 nitrogen and oxygen atoms in total. The van der Waals surface area contributed by atoms with Crippen LogP contribution in [0, 0.1) is 0 Å². The molecule has 0 saturated carbocycles. The van der Waals surface area contributed by atoms with E-state index in [-0.39, 0.29) is 5.54 Å². The molecular weight excluding hydrogens is 238 g/mol. The number of nitrogens with zero attached hydrogens (tertiary/aromatic N) is 2. The molecule has 2 rings (SSSR count). The summed E-state index contributed by atoms with van der Waals surface area (Å²) in [6.07, 6.45) is 4.19. The van der Waals surface area contributed by atoms with Crippen LogP contribution in [0.5, 0.6) is 0 Å². The van der Waals surface area contributed by atoms with E-state index in [1.54, 1.807) is 11.3 Å². The lowest BCUT2D eigenvalue weighted by molar-refractivity contribution is 0.390. The summed E-state index contributed by atoms with van der Waals surface area (Å²) in [4.78, 5) is 8.82. The van der Waals surface area contributed by atoms with Crippen molar-refractivity contribution < 1.29 is 0 Å². The zero-order chi connectivity index (χ0) is 11.4. The van der Waals surface area contributed by atoms with Crippen molar-refractivity contribution in [1.82, 2.24) is 10.3 Å². The lowest BCUT2D eigenvalue weighted by Gasteiger charge is -2.35. The fourth-order valence-corrected chi connectivity index (χ4v) is 3.31. The van der Waals surface area contributed by atoms with Crippen LogP contribution in [0.4, 0.5) is 0 Å². The Bertz CT molecular complexity index is 361. The molecule has 1 aliphatic rings. The highest BCUT2D eigenvalue weighted by molar-refractivity contribution is 8.13. The summed E-state index contributed by atoms with van der Waals surface area (Å²) in [6, 6.07) is 0. The van der Waals surface area contributed by atoms with Crippen LogP contribution in [-0.2, 0) is 6.54 Å². The highest BCUT2D eigenvalue weighted by atomic mass is 32.2. The minimum Gasteiger partial charge on any atom is -0.360 e. The Morgan fingerprint density at radius 3 is 3.19 bits per heavy atom. The summed E-state index contributed by atoms with van der Waals surface area (Å²) >= 11 is 3.48. The summed E-state index contributed by atoms with van der Waals surface area (Å²) in [5, 5.41) is 7.68. The molecule has 1 aromatic rings. The van der Waals surface area contributed by atoms with Crippen LogP contribution in [0.15, 0.2) is 16.6 Å². The van der Waals surface area contributed by atoms with E-state index in [9.17, 15) is 0 Å². The molecule has 1 saturated heterocycles. The monoisotopic (exact) mass is 255 g/mol. The Morgan fingerprint density at radius 2 is 2.50 bits per heavy atom. The van der Waals surface area contributed by atoms with Gasteiger partial charge in [0.25, 0.3) is 0 Å². The first-order chi connectivity index (χ1) is 7.72. The Morgan fingerprint density at radius 1 is 1.62 bits per heavy atom. The van der Waals surface area contributed by atoms with Gasteiger partial charge in [-0.2, -0.15) is 0 Å². The number of rotatable bonds is 3. The number of thiazole rings is 1. The van der Waals surface area contributed by atoms with Crippen LogP contribution in [-0.4, -0.2) is 21.4 Å². The number of hydrogen-bond acceptors (Lipinski definition) is 4. The average Bonchev–Trinajstić information content (AvgIpc) is 2.80. The summed E-state index contributed by atoms with van der Waals surface area (Å²) in [5.74, 6) is 1.16. The molecule has 0 amide bonds. The Balaban J connectivity index is 1.96. The second kappa shape index (κ2) is 5.19. The molecule has 1 aliphatic heterocycles. The van der Waals surface area contributed by atoms with E-state index in [1.165, 1.54) is 6.42 Å². The van der Waals surface area contributed by atoms with Gasteiger partial charge in [-0.3, -0.25) is 4.99 Å². The highest BCUT2D eigenvalue weighted by Crippen LogP contribution is 2.25. The number of aliphatic imine (C=N–C) groups is 1. The van der Waals surface area contributed by atoms with E-state index in [0.717, 1.165) is 22.3 Å². The van der Waals surface area contributed by atoms with Gasteiger partial charge in [0.15, 0.2) is 5.17 Å². The second-order valence-corrected chi connectivity index (χ2v) is 6.25. The maximum absolute atomic E-state index is 4.59. The molecule has 0 radical (unpaired) electrons. The van der Waals surface area contributed by atoms with Gasteiger partial charge < -0.3 is 5.32 Å². The molecule has 0 spiro atoms. The standard InChI is InChI=1S/C11H17N3S2/c1-3-11(2)4-6-16-10(14-11)13-8-9-12-5-7-15-9/h5,7H,3-4,6,8H2,1-2H3,(H,13,14). The normalized spacial score (nSPS) is 28.0. The van der Waals surface area contributed by atoms with Gasteiger partial charge in [0.2, 0.25) is 0 Å². The van der Waals surface area contributed by atoms with E-state index in [0.29, 0.717) is 6.54 Å². The lowest BCUT2D eigenvalue weighted by Crippen LogP contribution is -2.48. The Kier molecular flexibility index (Phi) is 3.86. The topological polar surface area (TPSA) is 37.3 Å². The molecule has 2 heterocycles. The molecule has 1 N–H and O–H groups in total. The van der Waals surface area contributed by atoms with Gasteiger partial charge in [-0.25, -0.2) is 4.98 Å². The number of hydrogen-bond donors (Lipinski definition) is 1. The molecule has 0 aromatic carbocycles. The van der Waals surface area contributed by atoms with Crippen LogP contribution >= 0.6 is 23.1 Å². The summed E-state index contributed by atoms with van der Waals surface area (Å²) in [6.45, 7) is 5.19.